The minimum atomic E-state index is -0.759. The van der Waals surface area contributed by atoms with Crippen molar-refractivity contribution in [2.45, 2.75) is 303 Å². The fraction of sp³-hybridized carbons (Fsp3) is 0.943. The Morgan fingerprint density at radius 1 is 0.322 bits per heavy atom. The second kappa shape index (κ2) is 47.5. The van der Waals surface area contributed by atoms with E-state index in [9.17, 15) is 14.4 Å². The molecule has 0 aromatic carbocycles. The minimum Gasteiger partial charge on any atom is -0.462 e. The van der Waals surface area contributed by atoms with Crippen molar-refractivity contribution in [1.29, 1.82) is 0 Å². The summed E-state index contributed by atoms with van der Waals surface area (Å²) in [6.45, 7) is 9.02. The molecule has 0 saturated heterocycles. The number of carbonyl (C=O) groups is 3. The third-order valence-electron chi connectivity index (χ3n) is 12.0. The molecular formula is C53H102O6. The molecule has 0 aliphatic heterocycles. The maximum absolute atomic E-state index is 12.8. The molecule has 0 heterocycles. The van der Waals surface area contributed by atoms with Gasteiger partial charge in [0.05, 0.1) is 0 Å². The predicted octanol–water partition coefficient (Wildman–Crippen LogP) is 17.1. The van der Waals surface area contributed by atoms with E-state index in [1.54, 1.807) is 0 Å². The Morgan fingerprint density at radius 3 is 0.831 bits per heavy atom. The fourth-order valence-corrected chi connectivity index (χ4v) is 8.04. The summed E-state index contributed by atoms with van der Waals surface area (Å²) in [4.78, 5) is 37.8. The van der Waals surface area contributed by atoms with Crippen LogP contribution in [0.4, 0.5) is 0 Å². The maximum Gasteiger partial charge on any atom is 0.306 e. The van der Waals surface area contributed by atoms with Gasteiger partial charge in [-0.15, -0.1) is 0 Å². The quantitative estimate of drug-likeness (QED) is 0.0345. The van der Waals surface area contributed by atoms with Crippen molar-refractivity contribution in [2.24, 2.45) is 5.92 Å². The summed E-state index contributed by atoms with van der Waals surface area (Å²) in [7, 11) is 0. The molecule has 350 valence electrons. The third kappa shape index (κ3) is 47.3. The van der Waals surface area contributed by atoms with Gasteiger partial charge in [-0.3, -0.25) is 14.4 Å². The number of carbonyl (C=O) groups excluding carboxylic acids is 3. The average Bonchev–Trinajstić information content (AvgIpc) is 3.22. The Hall–Kier alpha value is -1.59. The Balaban J connectivity index is 4.18. The van der Waals surface area contributed by atoms with Gasteiger partial charge in [-0.1, -0.05) is 259 Å². The van der Waals surface area contributed by atoms with Crippen LogP contribution in [0.3, 0.4) is 0 Å². The lowest BCUT2D eigenvalue weighted by molar-refractivity contribution is -0.167. The summed E-state index contributed by atoms with van der Waals surface area (Å²) in [6.07, 6.45) is 49.5. The first-order chi connectivity index (χ1) is 28.9. The highest BCUT2D eigenvalue weighted by molar-refractivity contribution is 5.71. The molecule has 0 bridgehead atoms. The molecule has 0 saturated carbocycles. The van der Waals surface area contributed by atoms with E-state index in [4.69, 9.17) is 14.2 Å². The average molecular weight is 835 g/mol. The first-order valence-electron chi connectivity index (χ1n) is 26.4. The van der Waals surface area contributed by atoms with Gasteiger partial charge in [-0.2, -0.15) is 0 Å². The van der Waals surface area contributed by atoms with Crippen LogP contribution >= 0.6 is 0 Å². The number of hydrogen-bond acceptors (Lipinski definition) is 6. The summed E-state index contributed by atoms with van der Waals surface area (Å²) in [6, 6.07) is 0. The molecule has 0 N–H and O–H groups in total. The molecule has 0 aromatic rings. The predicted molar refractivity (Wildman–Crippen MR) is 252 cm³/mol. The summed E-state index contributed by atoms with van der Waals surface area (Å²) in [5, 5.41) is 0. The molecule has 0 aliphatic rings. The monoisotopic (exact) mass is 835 g/mol. The first-order valence-corrected chi connectivity index (χ1v) is 26.4. The SMILES string of the molecule is CCCCCCCCCCCCCC(=O)OC[C@@H](COC(=O)CCCCCCCCCCC)OC(=O)CCCCCCCCCCCCCCCCCCCCC(C)C. The van der Waals surface area contributed by atoms with Crippen LogP contribution in [0.1, 0.15) is 297 Å². The Bertz CT molecular complexity index is 887. The first kappa shape index (κ1) is 57.4. The van der Waals surface area contributed by atoms with Gasteiger partial charge >= 0.3 is 17.9 Å². The van der Waals surface area contributed by atoms with Crippen LogP contribution in [0.5, 0.6) is 0 Å². The van der Waals surface area contributed by atoms with Crippen molar-refractivity contribution in [3.63, 3.8) is 0 Å². The largest absolute Gasteiger partial charge is 0.462 e. The molecule has 6 nitrogen and oxygen atoms in total. The molecule has 0 spiro atoms. The van der Waals surface area contributed by atoms with Gasteiger partial charge in [0.2, 0.25) is 0 Å². The molecule has 0 aromatic heterocycles. The van der Waals surface area contributed by atoms with E-state index in [2.05, 4.69) is 27.7 Å². The van der Waals surface area contributed by atoms with Crippen LogP contribution < -0.4 is 0 Å². The van der Waals surface area contributed by atoms with Crippen molar-refractivity contribution >= 4 is 17.9 Å². The lowest BCUT2D eigenvalue weighted by Gasteiger charge is -2.18. The van der Waals surface area contributed by atoms with Crippen LogP contribution in [0.15, 0.2) is 0 Å². The van der Waals surface area contributed by atoms with Crippen LogP contribution in [-0.4, -0.2) is 37.2 Å². The van der Waals surface area contributed by atoms with Crippen molar-refractivity contribution in [1.82, 2.24) is 0 Å². The zero-order valence-corrected chi connectivity index (χ0v) is 40.2. The van der Waals surface area contributed by atoms with Gasteiger partial charge in [-0.05, 0) is 25.2 Å². The molecule has 59 heavy (non-hydrogen) atoms. The van der Waals surface area contributed by atoms with E-state index in [0.29, 0.717) is 19.3 Å². The molecular weight excluding hydrogens is 733 g/mol. The second-order valence-electron chi connectivity index (χ2n) is 18.6. The van der Waals surface area contributed by atoms with E-state index < -0.39 is 6.10 Å². The summed E-state index contributed by atoms with van der Waals surface area (Å²) < 4.78 is 16.8. The topological polar surface area (TPSA) is 78.9 Å². The molecule has 0 unspecified atom stereocenters. The number of hydrogen-bond donors (Lipinski definition) is 0. The van der Waals surface area contributed by atoms with Crippen molar-refractivity contribution < 1.29 is 28.6 Å². The number of esters is 3. The number of rotatable bonds is 48. The number of ether oxygens (including phenoxy) is 3. The smallest absolute Gasteiger partial charge is 0.306 e. The van der Waals surface area contributed by atoms with Gasteiger partial charge in [-0.25, -0.2) is 0 Å². The van der Waals surface area contributed by atoms with Gasteiger partial charge in [0.25, 0.3) is 0 Å². The van der Waals surface area contributed by atoms with E-state index in [-0.39, 0.29) is 31.1 Å². The molecule has 0 fully saturated rings. The molecule has 6 heteroatoms. The maximum atomic E-state index is 12.8. The molecule has 1 atom stereocenters. The van der Waals surface area contributed by atoms with Gasteiger partial charge in [0.15, 0.2) is 6.10 Å². The number of unbranched alkanes of at least 4 members (excludes halogenated alkanes) is 35. The van der Waals surface area contributed by atoms with Crippen LogP contribution in [0.2, 0.25) is 0 Å². The third-order valence-corrected chi connectivity index (χ3v) is 12.0. The highest BCUT2D eigenvalue weighted by Gasteiger charge is 2.19. The highest BCUT2D eigenvalue weighted by Crippen LogP contribution is 2.17. The van der Waals surface area contributed by atoms with E-state index in [1.165, 1.54) is 193 Å². The van der Waals surface area contributed by atoms with Crippen LogP contribution in [0, 0.1) is 5.92 Å². The van der Waals surface area contributed by atoms with Gasteiger partial charge < -0.3 is 14.2 Å². The van der Waals surface area contributed by atoms with E-state index in [0.717, 1.165) is 63.7 Å². The van der Waals surface area contributed by atoms with Crippen LogP contribution in [-0.2, 0) is 28.6 Å². The van der Waals surface area contributed by atoms with Crippen molar-refractivity contribution in [3.05, 3.63) is 0 Å². The Labute approximate surface area is 368 Å². The van der Waals surface area contributed by atoms with Gasteiger partial charge in [0.1, 0.15) is 13.2 Å². The highest BCUT2D eigenvalue weighted by atomic mass is 16.6. The fourth-order valence-electron chi connectivity index (χ4n) is 8.04. The Kier molecular flexibility index (Phi) is 46.2. The normalized spacial score (nSPS) is 11.9. The zero-order chi connectivity index (χ0) is 43.1. The van der Waals surface area contributed by atoms with Crippen LogP contribution in [0.25, 0.3) is 0 Å². The van der Waals surface area contributed by atoms with Crippen molar-refractivity contribution in [2.75, 3.05) is 13.2 Å². The second-order valence-corrected chi connectivity index (χ2v) is 18.6. The molecule has 0 aliphatic carbocycles. The summed E-state index contributed by atoms with van der Waals surface area (Å²) >= 11 is 0. The molecule has 0 amide bonds. The summed E-state index contributed by atoms with van der Waals surface area (Å²) in [5.74, 6) is 0.0114. The van der Waals surface area contributed by atoms with E-state index in [1.807, 2.05) is 0 Å². The molecule has 0 rings (SSSR count). The zero-order valence-electron chi connectivity index (χ0n) is 40.2. The lowest BCUT2D eigenvalue weighted by atomic mass is 10.0. The minimum absolute atomic E-state index is 0.0628. The summed E-state index contributed by atoms with van der Waals surface area (Å²) in [5.41, 5.74) is 0. The van der Waals surface area contributed by atoms with E-state index >= 15 is 0 Å². The van der Waals surface area contributed by atoms with Crippen molar-refractivity contribution in [3.8, 4) is 0 Å². The Morgan fingerprint density at radius 2 is 0.559 bits per heavy atom. The lowest BCUT2D eigenvalue weighted by Crippen LogP contribution is -2.30. The molecule has 0 radical (unpaired) electrons. The standard InChI is InChI=1S/C53H102O6/c1-5-7-9-11-13-15-24-29-33-37-41-45-52(55)58-48-50(47-57-51(54)44-40-36-32-27-14-12-10-8-6-2)59-53(56)46-42-38-34-30-26-23-21-19-17-16-18-20-22-25-28-31-35-39-43-49(3)4/h49-50H,5-48H2,1-4H3/t50-/m1/s1. The van der Waals surface area contributed by atoms with Gasteiger partial charge in [0, 0.05) is 19.3 Å².